The maximum Gasteiger partial charge on any atom is 0.223 e. The van der Waals surface area contributed by atoms with Crippen molar-refractivity contribution in [1.29, 1.82) is 0 Å². The second kappa shape index (κ2) is 9.46. The second-order valence-corrected chi connectivity index (χ2v) is 5.21. The minimum Gasteiger partial charge on any atom is -0.353 e. The lowest BCUT2D eigenvalue weighted by atomic mass is 10.0. The van der Waals surface area contributed by atoms with Crippen molar-refractivity contribution in [3.63, 3.8) is 0 Å². The van der Waals surface area contributed by atoms with Crippen LogP contribution in [-0.2, 0) is 4.79 Å². The lowest BCUT2D eigenvalue weighted by molar-refractivity contribution is -0.125. The van der Waals surface area contributed by atoms with E-state index < -0.39 is 0 Å². The predicted molar refractivity (Wildman–Crippen MR) is 73.8 cm³/mol. The van der Waals surface area contributed by atoms with Crippen LogP contribution in [0.2, 0.25) is 0 Å². The summed E-state index contributed by atoms with van der Waals surface area (Å²) in [6.45, 7) is 8.30. The van der Waals surface area contributed by atoms with Gasteiger partial charge in [0.1, 0.15) is 0 Å². The molecule has 0 rings (SSSR count). The zero-order valence-corrected chi connectivity index (χ0v) is 12.0. The summed E-state index contributed by atoms with van der Waals surface area (Å²) < 4.78 is 0. The zero-order valence-electron chi connectivity index (χ0n) is 12.0. The summed E-state index contributed by atoms with van der Waals surface area (Å²) >= 11 is 0. The summed E-state index contributed by atoms with van der Waals surface area (Å²) in [6, 6.07) is 0.595. The van der Waals surface area contributed by atoms with Crippen molar-refractivity contribution < 1.29 is 4.79 Å². The van der Waals surface area contributed by atoms with Crippen LogP contribution in [0.25, 0.3) is 0 Å². The Bertz CT molecular complexity index is 204. The molecule has 0 aliphatic carbocycles. The summed E-state index contributed by atoms with van der Waals surface area (Å²) in [5.74, 6) is 0.314. The van der Waals surface area contributed by atoms with Crippen molar-refractivity contribution in [3.05, 3.63) is 0 Å². The first kappa shape index (κ1) is 16.4. The number of rotatable bonds is 9. The highest BCUT2D eigenvalue weighted by Gasteiger charge is 2.15. The van der Waals surface area contributed by atoms with Crippen LogP contribution in [-0.4, -0.2) is 18.0 Å². The highest BCUT2D eigenvalue weighted by molar-refractivity contribution is 5.78. The Morgan fingerprint density at radius 3 is 2.29 bits per heavy atom. The average molecular weight is 242 g/mol. The zero-order chi connectivity index (χ0) is 13.3. The molecule has 17 heavy (non-hydrogen) atoms. The van der Waals surface area contributed by atoms with Gasteiger partial charge in [-0.3, -0.25) is 4.79 Å². The Labute approximate surface area is 107 Å². The standard InChI is InChI=1S/C14H30N2O/c1-5-8-13(6-2)16-14(17)11(3)9-7-10-12(4)15/h11-13H,5-10,15H2,1-4H3,(H,16,17). The summed E-state index contributed by atoms with van der Waals surface area (Å²) in [5, 5.41) is 3.14. The number of carbonyl (C=O) groups is 1. The van der Waals surface area contributed by atoms with Gasteiger partial charge < -0.3 is 11.1 Å². The van der Waals surface area contributed by atoms with Gasteiger partial charge in [0.15, 0.2) is 0 Å². The van der Waals surface area contributed by atoms with E-state index in [2.05, 4.69) is 19.2 Å². The van der Waals surface area contributed by atoms with E-state index in [1.54, 1.807) is 0 Å². The lowest BCUT2D eigenvalue weighted by Gasteiger charge is -2.19. The van der Waals surface area contributed by atoms with Crippen LogP contribution < -0.4 is 11.1 Å². The fourth-order valence-corrected chi connectivity index (χ4v) is 1.95. The Hall–Kier alpha value is -0.570. The van der Waals surface area contributed by atoms with Crippen molar-refractivity contribution in [1.82, 2.24) is 5.32 Å². The van der Waals surface area contributed by atoms with Gasteiger partial charge in [0.25, 0.3) is 0 Å². The molecule has 0 aliphatic rings. The molecule has 0 radical (unpaired) electrons. The smallest absolute Gasteiger partial charge is 0.223 e. The number of hydrogen-bond donors (Lipinski definition) is 2. The second-order valence-electron chi connectivity index (χ2n) is 5.21. The molecule has 0 aromatic heterocycles. The maximum absolute atomic E-state index is 11.9. The summed E-state index contributed by atoms with van der Waals surface area (Å²) in [4.78, 5) is 11.9. The molecule has 102 valence electrons. The summed E-state index contributed by atoms with van der Waals surface area (Å²) in [6.07, 6.45) is 6.20. The molecule has 1 amide bonds. The van der Waals surface area contributed by atoms with E-state index in [0.717, 1.165) is 38.5 Å². The first-order valence-electron chi connectivity index (χ1n) is 7.07. The lowest BCUT2D eigenvalue weighted by Crippen LogP contribution is -2.37. The van der Waals surface area contributed by atoms with Crippen LogP contribution in [0, 0.1) is 5.92 Å². The highest BCUT2D eigenvalue weighted by Crippen LogP contribution is 2.10. The van der Waals surface area contributed by atoms with E-state index in [1.165, 1.54) is 0 Å². The molecule has 0 saturated carbocycles. The van der Waals surface area contributed by atoms with Crippen LogP contribution in [0.1, 0.15) is 66.2 Å². The van der Waals surface area contributed by atoms with Gasteiger partial charge in [-0.2, -0.15) is 0 Å². The van der Waals surface area contributed by atoms with Crippen LogP contribution in [0.15, 0.2) is 0 Å². The van der Waals surface area contributed by atoms with E-state index in [1.807, 2.05) is 13.8 Å². The molecule has 0 bridgehead atoms. The maximum atomic E-state index is 11.9. The van der Waals surface area contributed by atoms with E-state index in [4.69, 9.17) is 5.73 Å². The Kier molecular flexibility index (Phi) is 9.14. The van der Waals surface area contributed by atoms with E-state index >= 15 is 0 Å². The minimum absolute atomic E-state index is 0.111. The summed E-state index contributed by atoms with van der Waals surface area (Å²) in [5.41, 5.74) is 5.70. The molecule has 0 aromatic rings. The SMILES string of the molecule is CCCC(CC)NC(=O)C(C)CCCC(C)N. The molecule has 3 unspecified atom stereocenters. The monoisotopic (exact) mass is 242 g/mol. The molecular weight excluding hydrogens is 212 g/mol. The summed E-state index contributed by atoms with van der Waals surface area (Å²) in [7, 11) is 0. The fourth-order valence-electron chi connectivity index (χ4n) is 1.95. The molecular formula is C14H30N2O. The predicted octanol–water partition coefficient (Wildman–Crippen LogP) is 2.83. The topological polar surface area (TPSA) is 55.1 Å². The van der Waals surface area contributed by atoms with E-state index in [9.17, 15) is 4.79 Å². The largest absolute Gasteiger partial charge is 0.353 e. The van der Waals surface area contributed by atoms with Crippen molar-refractivity contribution in [2.24, 2.45) is 11.7 Å². The molecule has 3 N–H and O–H groups in total. The van der Waals surface area contributed by atoms with Crippen LogP contribution in [0.4, 0.5) is 0 Å². The van der Waals surface area contributed by atoms with Gasteiger partial charge in [-0.25, -0.2) is 0 Å². The third kappa shape index (κ3) is 8.19. The molecule has 3 atom stereocenters. The van der Waals surface area contributed by atoms with E-state index in [-0.39, 0.29) is 17.9 Å². The molecule has 0 heterocycles. The van der Waals surface area contributed by atoms with Gasteiger partial charge in [-0.15, -0.1) is 0 Å². The van der Waals surface area contributed by atoms with Gasteiger partial charge >= 0.3 is 0 Å². The quantitative estimate of drug-likeness (QED) is 0.653. The highest BCUT2D eigenvalue weighted by atomic mass is 16.1. The van der Waals surface area contributed by atoms with E-state index in [0.29, 0.717) is 6.04 Å². The molecule has 0 saturated heterocycles. The normalized spacial score (nSPS) is 16.3. The molecule has 0 aliphatic heterocycles. The number of nitrogens with two attached hydrogens (primary N) is 1. The van der Waals surface area contributed by atoms with Gasteiger partial charge in [-0.05, 0) is 32.6 Å². The van der Waals surface area contributed by atoms with Crippen LogP contribution in [0.3, 0.4) is 0 Å². The van der Waals surface area contributed by atoms with Gasteiger partial charge in [0.2, 0.25) is 5.91 Å². The molecule has 0 spiro atoms. The average Bonchev–Trinajstić information content (AvgIpc) is 2.27. The van der Waals surface area contributed by atoms with Crippen molar-refractivity contribution in [3.8, 4) is 0 Å². The Balaban J connectivity index is 3.86. The van der Waals surface area contributed by atoms with Gasteiger partial charge in [0, 0.05) is 18.0 Å². The molecule has 3 heteroatoms. The number of carbonyl (C=O) groups excluding carboxylic acids is 1. The fraction of sp³-hybridized carbons (Fsp3) is 0.929. The van der Waals surface area contributed by atoms with Crippen LogP contribution >= 0.6 is 0 Å². The molecule has 3 nitrogen and oxygen atoms in total. The number of hydrogen-bond acceptors (Lipinski definition) is 2. The third-order valence-electron chi connectivity index (χ3n) is 3.22. The first-order chi connectivity index (χ1) is 8.01. The third-order valence-corrected chi connectivity index (χ3v) is 3.22. The number of nitrogens with one attached hydrogen (secondary N) is 1. The van der Waals surface area contributed by atoms with Gasteiger partial charge in [-0.1, -0.05) is 33.6 Å². The molecule has 0 fully saturated rings. The number of amides is 1. The van der Waals surface area contributed by atoms with Crippen LogP contribution in [0.5, 0.6) is 0 Å². The molecule has 0 aromatic carbocycles. The van der Waals surface area contributed by atoms with Crippen molar-refractivity contribution in [2.75, 3.05) is 0 Å². The minimum atomic E-state index is 0.111. The Morgan fingerprint density at radius 2 is 1.82 bits per heavy atom. The first-order valence-corrected chi connectivity index (χ1v) is 7.07. The van der Waals surface area contributed by atoms with Crippen molar-refractivity contribution >= 4 is 5.91 Å². The van der Waals surface area contributed by atoms with Gasteiger partial charge in [0.05, 0.1) is 0 Å². The van der Waals surface area contributed by atoms with Crippen molar-refractivity contribution in [2.45, 2.75) is 78.3 Å². The Morgan fingerprint density at radius 1 is 1.18 bits per heavy atom.